The number of likely N-dealkylation sites (tertiary alicyclic amines) is 1. The Labute approximate surface area is 170 Å². The van der Waals surface area contributed by atoms with Gasteiger partial charge in [0.25, 0.3) is 5.91 Å². The molecule has 1 saturated heterocycles. The average molecular weight is 416 g/mol. The van der Waals surface area contributed by atoms with Crippen molar-refractivity contribution >= 4 is 27.3 Å². The molecule has 0 radical (unpaired) electrons. The zero-order valence-corrected chi connectivity index (χ0v) is 17.0. The topological polar surface area (TPSA) is 92.8 Å². The van der Waals surface area contributed by atoms with Crippen molar-refractivity contribution in [1.82, 2.24) is 4.90 Å². The Balaban J connectivity index is 1.44. The number of ether oxygens (including phenoxy) is 1. The second-order valence-electron chi connectivity index (χ2n) is 7.04. The summed E-state index contributed by atoms with van der Waals surface area (Å²) in [6, 6.07) is 15.3. The molecule has 0 aliphatic carbocycles. The third kappa shape index (κ3) is 5.80. The van der Waals surface area contributed by atoms with Crippen LogP contribution >= 0.6 is 0 Å². The average Bonchev–Trinajstić information content (AvgIpc) is 2.72. The predicted octanol–water partition coefficient (Wildman–Crippen LogP) is 2.35. The van der Waals surface area contributed by atoms with Gasteiger partial charge in [-0.05, 0) is 49.2 Å². The van der Waals surface area contributed by atoms with E-state index in [-0.39, 0.29) is 29.2 Å². The molecule has 0 spiro atoms. The van der Waals surface area contributed by atoms with E-state index in [1.54, 1.807) is 4.90 Å². The molecule has 3 rings (SSSR count). The normalized spacial score (nSPS) is 15.0. The summed E-state index contributed by atoms with van der Waals surface area (Å²) in [4.78, 5) is 26.6. The van der Waals surface area contributed by atoms with Crippen LogP contribution in [0.5, 0.6) is 5.75 Å². The number of carbonyl (C=O) groups excluding carboxylic acids is 2. The minimum Gasteiger partial charge on any atom is -0.484 e. The van der Waals surface area contributed by atoms with Crippen LogP contribution in [0.3, 0.4) is 0 Å². The molecule has 0 unspecified atom stereocenters. The summed E-state index contributed by atoms with van der Waals surface area (Å²) in [5.74, 6) is 0.135. The first-order chi connectivity index (χ1) is 13.8. The number of carbonyl (C=O) groups is 2. The number of rotatable bonds is 6. The van der Waals surface area contributed by atoms with E-state index < -0.39 is 9.84 Å². The molecule has 1 N–H and O–H groups in total. The highest BCUT2D eigenvalue weighted by Gasteiger charge is 2.27. The Hall–Kier alpha value is -2.87. The van der Waals surface area contributed by atoms with Crippen molar-refractivity contribution in [3.8, 4) is 5.75 Å². The van der Waals surface area contributed by atoms with Crippen LogP contribution in [0, 0.1) is 5.92 Å². The summed E-state index contributed by atoms with van der Waals surface area (Å²) in [6.45, 7) is 0.878. The maximum Gasteiger partial charge on any atom is 0.260 e. The predicted molar refractivity (Wildman–Crippen MR) is 109 cm³/mol. The summed E-state index contributed by atoms with van der Waals surface area (Å²) in [5.41, 5.74) is 0.770. The number of para-hydroxylation sites is 1. The molecule has 2 amide bonds. The lowest BCUT2D eigenvalue weighted by molar-refractivity contribution is -0.136. The molecule has 29 heavy (non-hydrogen) atoms. The Kier molecular flexibility index (Phi) is 6.53. The van der Waals surface area contributed by atoms with Crippen LogP contribution in [0.2, 0.25) is 0 Å². The number of nitrogens with zero attached hydrogens (tertiary/aromatic N) is 1. The number of nitrogens with one attached hydrogen (secondary N) is 1. The molecule has 154 valence electrons. The van der Waals surface area contributed by atoms with Crippen LogP contribution in [0.15, 0.2) is 59.5 Å². The molecule has 2 aromatic carbocycles. The Bertz CT molecular complexity index is 950. The van der Waals surface area contributed by atoms with E-state index in [4.69, 9.17) is 4.74 Å². The summed E-state index contributed by atoms with van der Waals surface area (Å²) in [6.07, 6.45) is 2.34. The van der Waals surface area contributed by atoms with E-state index in [1.807, 2.05) is 30.3 Å². The van der Waals surface area contributed by atoms with Gasteiger partial charge in [-0.3, -0.25) is 9.59 Å². The highest BCUT2D eigenvalue weighted by Crippen LogP contribution is 2.20. The van der Waals surface area contributed by atoms with Crippen LogP contribution in [0.4, 0.5) is 5.69 Å². The highest BCUT2D eigenvalue weighted by atomic mass is 32.2. The van der Waals surface area contributed by atoms with Crippen molar-refractivity contribution in [3.63, 3.8) is 0 Å². The SMILES string of the molecule is CS(=O)(=O)c1ccc(OCC(=O)N2CCC(C(=O)Nc3ccccc3)CC2)cc1. The lowest BCUT2D eigenvalue weighted by Gasteiger charge is -2.31. The number of benzene rings is 2. The van der Waals surface area contributed by atoms with Gasteiger partial charge in [-0.25, -0.2) is 8.42 Å². The van der Waals surface area contributed by atoms with E-state index in [9.17, 15) is 18.0 Å². The first-order valence-electron chi connectivity index (χ1n) is 9.39. The van der Waals surface area contributed by atoms with Crippen LogP contribution in [-0.2, 0) is 19.4 Å². The van der Waals surface area contributed by atoms with Gasteiger partial charge >= 0.3 is 0 Å². The van der Waals surface area contributed by atoms with Gasteiger partial charge in [0.05, 0.1) is 4.90 Å². The molecule has 1 aliphatic heterocycles. The fourth-order valence-electron chi connectivity index (χ4n) is 3.18. The Morgan fingerprint density at radius 3 is 2.24 bits per heavy atom. The van der Waals surface area contributed by atoms with Crippen molar-refractivity contribution in [3.05, 3.63) is 54.6 Å². The molecular weight excluding hydrogens is 392 g/mol. The van der Waals surface area contributed by atoms with E-state index in [0.717, 1.165) is 11.9 Å². The largest absolute Gasteiger partial charge is 0.484 e. The van der Waals surface area contributed by atoms with E-state index >= 15 is 0 Å². The standard InChI is InChI=1S/C21H24N2O5S/c1-29(26,27)19-9-7-18(8-10-19)28-15-20(24)23-13-11-16(12-14-23)21(25)22-17-5-3-2-4-6-17/h2-10,16H,11-15H2,1H3,(H,22,25). The van der Waals surface area contributed by atoms with Crippen LogP contribution in [0.25, 0.3) is 0 Å². The molecule has 1 fully saturated rings. The monoisotopic (exact) mass is 416 g/mol. The molecule has 0 atom stereocenters. The third-order valence-electron chi connectivity index (χ3n) is 4.87. The summed E-state index contributed by atoms with van der Waals surface area (Å²) in [5, 5.41) is 2.91. The maximum absolute atomic E-state index is 12.4. The minimum atomic E-state index is -3.26. The lowest BCUT2D eigenvalue weighted by Crippen LogP contribution is -2.43. The molecule has 7 nitrogen and oxygen atoms in total. The van der Waals surface area contributed by atoms with E-state index in [2.05, 4.69) is 5.32 Å². The molecular formula is C21H24N2O5S. The lowest BCUT2D eigenvalue weighted by atomic mass is 9.95. The number of hydrogen-bond donors (Lipinski definition) is 1. The molecule has 0 saturated carbocycles. The molecule has 1 heterocycles. The van der Waals surface area contributed by atoms with Gasteiger partial charge < -0.3 is 15.0 Å². The minimum absolute atomic E-state index is 0.0227. The number of amides is 2. The smallest absolute Gasteiger partial charge is 0.260 e. The number of hydrogen-bond acceptors (Lipinski definition) is 5. The van der Waals surface area contributed by atoms with Gasteiger partial charge in [0, 0.05) is 31.0 Å². The van der Waals surface area contributed by atoms with Crippen molar-refractivity contribution in [2.24, 2.45) is 5.92 Å². The zero-order chi connectivity index (χ0) is 20.9. The van der Waals surface area contributed by atoms with Crippen molar-refractivity contribution in [2.75, 3.05) is 31.3 Å². The highest BCUT2D eigenvalue weighted by molar-refractivity contribution is 7.90. The number of anilines is 1. The summed E-state index contributed by atoms with van der Waals surface area (Å²) < 4.78 is 28.4. The molecule has 8 heteroatoms. The maximum atomic E-state index is 12.4. The van der Waals surface area contributed by atoms with Crippen molar-refractivity contribution < 1.29 is 22.7 Å². The van der Waals surface area contributed by atoms with Gasteiger partial charge in [0.15, 0.2) is 16.4 Å². The van der Waals surface area contributed by atoms with Gasteiger partial charge in [-0.2, -0.15) is 0 Å². The fraction of sp³-hybridized carbons (Fsp3) is 0.333. The fourth-order valence-corrected chi connectivity index (χ4v) is 3.81. The van der Waals surface area contributed by atoms with Crippen molar-refractivity contribution in [1.29, 1.82) is 0 Å². The van der Waals surface area contributed by atoms with Gasteiger partial charge in [0.1, 0.15) is 5.75 Å². The Morgan fingerprint density at radius 1 is 1.03 bits per heavy atom. The first kappa shape index (κ1) is 20.9. The molecule has 0 bridgehead atoms. The second kappa shape index (κ2) is 9.09. The quantitative estimate of drug-likeness (QED) is 0.780. The van der Waals surface area contributed by atoms with Crippen LogP contribution in [-0.4, -0.2) is 51.1 Å². The second-order valence-corrected chi connectivity index (χ2v) is 9.06. The number of sulfone groups is 1. The van der Waals surface area contributed by atoms with E-state index in [1.165, 1.54) is 24.3 Å². The number of piperidine rings is 1. The van der Waals surface area contributed by atoms with Crippen LogP contribution in [0.1, 0.15) is 12.8 Å². The first-order valence-corrected chi connectivity index (χ1v) is 11.3. The third-order valence-corrected chi connectivity index (χ3v) is 6.00. The van der Waals surface area contributed by atoms with Gasteiger partial charge in [0.2, 0.25) is 5.91 Å². The summed E-state index contributed by atoms with van der Waals surface area (Å²) in [7, 11) is -3.26. The van der Waals surface area contributed by atoms with E-state index in [0.29, 0.717) is 31.7 Å². The molecule has 1 aliphatic rings. The van der Waals surface area contributed by atoms with Crippen molar-refractivity contribution in [2.45, 2.75) is 17.7 Å². The van der Waals surface area contributed by atoms with Gasteiger partial charge in [-0.1, -0.05) is 18.2 Å². The zero-order valence-electron chi connectivity index (χ0n) is 16.2. The summed E-state index contributed by atoms with van der Waals surface area (Å²) >= 11 is 0. The van der Waals surface area contributed by atoms with Crippen LogP contribution < -0.4 is 10.1 Å². The Morgan fingerprint density at radius 2 is 1.66 bits per heavy atom. The molecule has 2 aromatic rings. The van der Waals surface area contributed by atoms with Gasteiger partial charge in [-0.15, -0.1) is 0 Å². The molecule has 0 aromatic heterocycles.